The number of hydrogen-bond acceptors (Lipinski definition) is 2. The molecule has 0 fully saturated rings. The molecule has 21 heavy (non-hydrogen) atoms. The lowest BCUT2D eigenvalue weighted by atomic mass is 10.0. The van der Waals surface area contributed by atoms with Crippen LogP contribution in [0.1, 0.15) is 31.9 Å². The molecule has 2 nitrogen and oxygen atoms in total. The molecule has 2 aromatic rings. The van der Waals surface area contributed by atoms with Gasteiger partial charge in [0.1, 0.15) is 0 Å². The molecule has 0 aliphatic carbocycles. The molecule has 2 aromatic carbocycles. The van der Waals surface area contributed by atoms with E-state index in [1.54, 1.807) is 0 Å². The molecule has 2 atom stereocenters. The Balaban J connectivity index is 2.10. The van der Waals surface area contributed by atoms with Crippen LogP contribution in [0.4, 0.5) is 0 Å². The standard InChI is InChI=1S/C18H25NOS/c1-14(2)10-11-21(20)13-18(19-3)17-9-8-15-6-4-5-7-16(15)12-17/h4-9,12,14,18-19H,10-11,13H2,1-3H3. The number of benzene rings is 2. The fourth-order valence-corrected chi connectivity index (χ4v) is 4.04. The molecule has 3 heteroatoms. The van der Waals surface area contributed by atoms with Crippen molar-refractivity contribution in [3.63, 3.8) is 0 Å². The Morgan fingerprint density at radius 2 is 1.81 bits per heavy atom. The highest BCUT2D eigenvalue weighted by atomic mass is 32.2. The van der Waals surface area contributed by atoms with Gasteiger partial charge < -0.3 is 5.32 Å². The first-order valence-electron chi connectivity index (χ1n) is 7.61. The van der Waals surface area contributed by atoms with Crippen molar-refractivity contribution >= 4 is 21.6 Å². The predicted octanol–water partition coefficient (Wildman–Crippen LogP) is 3.90. The summed E-state index contributed by atoms with van der Waals surface area (Å²) < 4.78 is 12.2. The second-order valence-corrected chi connectivity index (χ2v) is 7.56. The van der Waals surface area contributed by atoms with E-state index < -0.39 is 10.8 Å². The van der Waals surface area contributed by atoms with E-state index in [2.05, 4.69) is 61.6 Å². The monoisotopic (exact) mass is 303 g/mol. The third-order valence-corrected chi connectivity index (χ3v) is 5.20. The van der Waals surface area contributed by atoms with Crippen molar-refractivity contribution in [1.82, 2.24) is 5.32 Å². The first-order chi connectivity index (χ1) is 10.1. The highest BCUT2D eigenvalue weighted by molar-refractivity contribution is 7.85. The summed E-state index contributed by atoms with van der Waals surface area (Å²) in [5, 5.41) is 5.79. The van der Waals surface area contributed by atoms with Crippen LogP contribution < -0.4 is 5.32 Å². The van der Waals surface area contributed by atoms with E-state index in [9.17, 15) is 4.21 Å². The van der Waals surface area contributed by atoms with Crippen LogP contribution in [-0.2, 0) is 10.8 Å². The minimum absolute atomic E-state index is 0.155. The molecule has 0 radical (unpaired) electrons. The fourth-order valence-electron chi connectivity index (χ4n) is 2.41. The smallest absolute Gasteiger partial charge is 0.0434 e. The molecule has 0 bridgehead atoms. The van der Waals surface area contributed by atoms with Gasteiger partial charge in [0.2, 0.25) is 0 Å². The maximum absolute atomic E-state index is 12.2. The maximum Gasteiger partial charge on any atom is 0.0434 e. The molecule has 114 valence electrons. The van der Waals surface area contributed by atoms with Crippen molar-refractivity contribution in [1.29, 1.82) is 0 Å². The van der Waals surface area contributed by atoms with Crippen LogP contribution in [0.25, 0.3) is 10.8 Å². The van der Waals surface area contributed by atoms with E-state index in [0.29, 0.717) is 11.7 Å². The average Bonchev–Trinajstić information content (AvgIpc) is 2.50. The summed E-state index contributed by atoms with van der Waals surface area (Å²) in [6.07, 6.45) is 1.03. The highest BCUT2D eigenvalue weighted by Gasteiger charge is 2.14. The quantitative estimate of drug-likeness (QED) is 0.840. The van der Waals surface area contributed by atoms with Crippen LogP contribution in [0.15, 0.2) is 42.5 Å². The highest BCUT2D eigenvalue weighted by Crippen LogP contribution is 2.21. The topological polar surface area (TPSA) is 29.1 Å². The first kappa shape index (κ1) is 16.2. The molecular weight excluding hydrogens is 278 g/mol. The van der Waals surface area contributed by atoms with Gasteiger partial charge in [0, 0.05) is 28.3 Å². The average molecular weight is 303 g/mol. The molecule has 0 saturated heterocycles. The van der Waals surface area contributed by atoms with Gasteiger partial charge in [-0.05, 0) is 41.8 Å². The molecule has 0 aliphatic heterocycles. The largest absolute Gasteiger partial charge is 0.312 e. The Morgan fingerprint density at radius 1 is 1.10 bits per heavy atom. The minimum Gasteiger partial charge on any atom is -0.312 e. The third-order valence-electron chi connectivity index (χ3n) is 3.80. The number of fused-ring (bicyclic) bond motifs is 1. The van der Waals surface area contributed by atoms with Crippen LogP contribution in [0.2, 0.25) is 0 Å². The zero-order chi connectivity index (χ0) is 15.2. The molecule has 0 amide bonds. The van der Waals surface area contributed by atoms with E-state index >= 15 is 0 Å². The number of nitrogens with one attached hydrogen (secondary N) is 1. The van der Waals surface area contributed by atoms with E-state index in [1.807, 2.05) is 7.05 Å². The van der Waals surface area contributed by atoms with Gasteiger partial charge in [-0.3, -0.25) is 4.21 Å². The molecule has 0 aromatic heterocycles. The Hall–Kier alpha value is -1.19. The normalized spacial score (nSPS) is 14.5. The summed E-state index contributed by atoms with van der Waals surface area (Å²) in [5.41, 5.74) is 1.22. The number of hydrogen-bond donors (Lipinski definition) is 1. The maximum atomic E-state index is 12.2. The lowest BCUT2D eigenvalue weighted by Crippen LogP contribution is -2.23. The molecule has 0 spiro atoms. The van der Waals surface area contributed by atoms with Crippen molar-refractivity contribution in [3.05, 3.63) is 48.0 Å². The Kier molecular flexibility index (Phi) is 5.95. The zero-order valence-corrected chi connectivity index (χ0v) is 14.0. The molecule has 1 N–H and O–H groups in total. The molecule has 0 aliphatic rings. The molecular formula is C18H25NOS. The first-order valence-corrected chi connectivity index (χ1v) is 9.10. The summed E-state index contributed by atoms with van der Waals surface area (Å²) in [6, 6.07) is 15.0. The van der Waals surface area contributed by atoms with Gasteiger partial charge in [0.05, 0.1) is 0 Å². The summed E-state index contributed by atoms with van der Waals surface area (Å²) in [5.74, 6) is 2.09. The second-order valence-electron chi connectivity index (χ2n) is 5.94. The van der Waals surface area contributed by atoms with Gasteiger partial charge in [0.15, 0.2) is 0 Å². The summed E-state index contributed by atoms with van der Waals surface area (Å²) in [6.45, 7) is 4.35. The molecule has 0 saturated carbocycles. The molecule has 2 rings (SSSR count). The third kappa shape index (κ3) is 4.65. The van der Waals surface area contributed by atoms with E-state index in [-0.39, 0.29) is 6.04 Å². The lowest BCUT2D eigenvalue weighted by Gasteiger charge is -2.17. The van der Waals surface area contributed by atoms with Gasteiger partial charge in [-0.2, -0.15) is 0 Å². The van der Waals surface area contributed by atoms with Crippen LogP contribution in [0, 0.1) is 5.92 Å². The van der Waals surface area contributed by atoms with Gasteiger partial charge >= 0.3 is 0 Å². The van der Waals surface area contributed by atoms with Crippen LogP contribution in [0.3, 0.4) is 0 Å². The second kappa shape index (κ2) is 7.71. The van der Waals surface area contributed by atoms with Crippen molar-refractivity contribution in [2.75, 3.05) is 18.6 Å². The molecule has 0 heterocycles. The Bertz CT molecular complexity index is 609. The van der Waals surface area contributed by atoms with Crippen LogP contribution >= 0.6 is 0 Å². The molecule has 2 unspecified atom stereocenters. The van der Waals surface area contributed by atoms with Gasteiger partial charge in [-0.1, -0.05) is 50.2 Å². The Labute approximate surface area is 130 Å². The minimum atomic E-state index is -0.767. The Morgan fingerprint density at radius 3 is 2.48 bits per heavy atom. The van der Waals surface area contributed by atoms with Crippen molar-refractivity contribution in [2.24, 2.45) is 5.92 Å². The van der Waals surface area contributed by atoms with E-state index in [0.717, 1.165) is 12.2 Å². The van der Waals surface area contributed by atoms with Crippen LogP contribution in [-0.4, -0.2) is 22.8 Å². The van der Waals surface area contributed by atoms with Crippen LogP contribution in [0.5, 0.6) is 0 Å². The van der Waals surface area contributed by atoms with Crippen molar-refractivity contribution in [2.45, 2.75) is 26.3 Å². The summed E-state index contributed by atoms with van der Waals surface area (Å²) >= 11 is 0. The van der Waals surface area contributed by atoms with Gasteiger partial charge in [-0.25, -0.2) is 0 Å². The lowest BCUT2D eigenvalue weighted by molar-refractivity contribution is 0.608. The van der Waals surface area contributed by atoms with Crippen molar-refractivity contribution in [3.8, 4) is 0 Å². The van der Waals surface area contributed by atoms with E-state index in [4.69, 9.17) is 0 Å². The van der Waals surface area contributed by atoms with Gasteiger partial charge in [0.25, 0.3) is 0 Å². The van der Waals surface area contributed by atoms with Crippen molar-refractivity contribution < 1.29 is 4.21 Å². The predicted molar refractivity (Wildman–Crippen MR) is 93.1 cm³/mol. The SMILES string of the molecule is CNC(CS(=O)CCC(C)C)c1ccc2ccccc2c1. The summed E-state index contributed by atoms with van der Waals surface area (Å²) in [7, 11) is 1.18. The van der Waals surface area contributed by atoms with E-state index in [1.165, 1.54) is 16.3 Å². The van der Waals surface area contributed by atoms with Gasteiger partial charge in [-0.15, -0.1) is 0 Å². The zero-order valence-electron chi connectivity index (χ0n) is 13.1. The number of rotatable bonds is 7. The fraction of sp³-hybridized carbons (Fsp3) is 0.444. The summed E-state index contributed by atoms with van der Waals surface area (Å²) in [4.78, 5) is 0.